The van der Waals surface area contributed by atoms with Gasteiger partial charge in [0.25, 0.3) is 0 Å². The third kappa shape index (κ3) is 3.72. The Hall–Kier alpha value is -1.63. The predicted octanol–water partition coefficient (Wildman–Crippen LogP) is -0.131. The molecule has 7 heteroatoms. The lowest BCUT2D eigenvalue weighted by Crippen LogP contribution is -2.55. The van der Waals surface area contributed by atoms with Crippen LogP contribution in [-0.2, 0) is 9.59 Å². The number of carbonyl (C=O) groups excluding carboxylic acids is 3. The zero-order valence-electron chi connectivity index (χ0n) is 13.0. The lowest BCUT2D eigenvalue weighted by molar-refractivity contribution is -0.133. The monoisotopic (exact) mass is 296 g/mol. The highest BCUT2D eigenvalue weighted by Crippen LogP contribution is 2.11. The molecule has 2 fully saturated rings. The van der Waals surface area contributed by atoms with Crippen molar-refractivity contribution >= 4 is 17.8 Å². The molecule has 0 radical (unpaired) electrons. The standard InChI is InChI=1S/C14H24N4O3/c1-10-7-17(8-11(2)15-10)12(19)5-4-6-18-13(20)9-16(3)14(18)21/h10-11,15H,4-9H2,1-3H3/t10-,11-/m0/s1. The van der Waals surface area contributed by atoms with Gasteiger partial charge in [-0.1, -0.05) is 0 Å². The fourth-order valence-corrected chi connectivity index (χ4v) is 2.97. The van der Waals surface area contributed by atoms with Crippen LogP contribution < -0.4 is 5.32 Å². The van der Waals surface area contributed by atoms with Crippen LogP contribution in [-0.4, -0.2) is 77.9 Å². The van der Waals surface area contributed by atoms with Gasteiger partial charge in [0, 0.05) is 45.2 Å². The minimum absolute atomic E-state index is 0.0997. The number of rotatable bonds is 4. The van der Waals surface area contributed by atoms with E-state index in [1.165, 1.54) is 9.80 Å². The number of nitrogens with one attached hydrogen (secondary N) is 1. The smallest absolute Gasteiger partial charge is 0.326 e. The number of nitrogens with zero attached hydrogens (tertiary/aromatic N) is 3. The van der Waals surface area contributed by atoms with E-state index in [1.807, 2.05) is 4.90 Å². The molecule has 21 heavy (non-hydrogen) atoms. The molecule has 0 bridgehead atoms. The van der Waals surface area contributed by atoms with Gasteiger partial charge in [-0.15, -0.1) is 0 Å². The summed E-state index contributed by atoms with van der Waals surface area (Å²) in [5.41, 5.74) is 0. The highest BCUT2D eigenvalue weighted by molar-refractivity contribution is 6.01. The van der Waals surface area contributed by atoms with E-state index in [9.17, 15) is 14.4 Å². The third-order valence-corrected chi connectivity index (χ3v) is 3.91. The van der Waals surface area contributed by atoms with Crippen molar-refractivity contribution in [3.8, 4) is 0 Å². The van der Waals surface area contributed by atoms with E-state index in [4.69, 9.17) is 0 Å². The van der Waals surface area contributed by atoms with Crippen molar-refractivity contribution in [1.82, 2.24) is 20.0 Å². The number of hydrogen-bond donors (Lipinski definition) is 1. The molecule has 2 aliphatic rings. The van der Waals surface area contributed by atoms with Gasteiger partial charge in [0.05, 0.1) is 0 Å². The van der Waals surface area contributed by atoms with E-state index in [2.05, 4.69) is 19.2 Å². The second-order valence-corrected chi connectivity index (χ2v) is 6.06. The van der Waals surface area contributed by atoms with Crippen molar-refractivity contribution in [2.75, 3.05) is 33.2 Å². The first kappa shape index (κ1) is 15.8. The van der Waals surface area contributed by atoms with Crippen LogP contribution in [0.3, 0.4) is 0 Å². The topological polar surface area (TPSA) is 73.0 Å². The van der Waals surface area contributed by atoms with Crippen molar-refractivity contribution < 1.29 is 14.4 Å². The molecule has 0 aromatic carbocycles. The van der Waals surface area contributed by atoms with Gasteiger partial charge < -0.3 is 15.1 Å². The number of imide groups is 1. The maximum atomic E-state index is 12.2. The Bertz CT molecular complexity index is 430. The van der Waals surface area contributed by atoms with E-state index in [0.717, 1.165) is 0 Å². The fourth-order valence-electron chi connectivity index (χ4n) is 2.97. The highest BCUT2D eigenvalue weighted by Gasteiger charge is 2.33. The van der Waals surface area contributed by atoms with E-state index < -0.39 is 0 Å². The van der Waals surface area contributed by atoms with Gasteiger partial charge in [-0.05, 0) is 20.3 Å². The molecule has 118 valence electrons. The molecule has 0 aliphatic carbocycles. The molecule has 2 heterocycles. The minimum atomic E-state index is -0.267. The molecular weight excluding hydrogens is 272 g/mol. The molecule has 7 nitrogen and oxygen atoms in total. The van der Waals surface area contributed by atoms with Crippen LogP contribution >= 0.6 is 0 Å². The minimum Gasteiger partial charge on any atom is -0.340 e. The summed E-state index contributed by atoms with van der Waals surface area (Å²) in [5.74, 6) is -0.0815. The van der Waals surface area contributed by atoms with Crippen molar-refractivity contribution in [2.24, 2.45) is 0 Å². The van der Waals surface area contributed by atoms with Gasteiger partial charge in [0.15, 0.2) is 0 Å². The normalized spacial score (nSPS) is 26.7. The average Bonchev–Trinajstić information content (AvgIpc) is 2.63. The predicted molar refractivity (Wildman–Crippen MR) is 77.6 cm³/mol. The van der Waals surface area contributed by atoms with E-state index in [1.54, 1.807) is 7.05 Å². The van der Waals surface area contributed by atoms with Crippen LogP contribution in [0.4, 0.5) is 4.79 Å². The van der Waals surface area contributed by atoms with E-state index >= 15 is 0 Å². The Morgan fingerprint density at radius 3 is 2.38 bits per heavy atom. The van der Waals surface area contributed by atoms with Crippen LogP contribution in [0.2, 0.25) is 0 Å². The Balaban J connectivity index is 1.77. The third-order valence-electron chi connectivity index (χ3n) is 3.91. The van der Waals surface area contributed by atoms with Crippen molar-refractivity contribution in [2.45, 2.75) is 38.8 Å². The Labute approximate surface area is 125 Å². The van der Waals surface area contributed by atoms with Crippen molar-refractivity contribution in [1.29, 1.82) is 0 Å². The number of likely N-dealkylation sites (N-methyl/N-ethyl adjacent to an activating group) is 1. The fraction of sp³-hybridized carbons (Fsp3) is 0.786. The summed E-state index contributed by atoms with van der Waals surface area (Å²) < 4.78 is 0. The molecule has 4 amide bonds. The maximum absolute atomic E-state index is 12.2. The first-order chi connectivity index (χ1) is 9.88. The maximum Gasteiger partial charge on any atom is 0.326 e. The highest BCUT2D eigenvalue weighted by atomic mass is 16.2. The summed E-state index contributed by atoms with van der Waals surface area (Å²) in [6.45, 7) is 6.02. The molecule has 0 spiro atoms. The molecule has 1 N–H and O–H groups in total. The second kappa shape index (κ2) is 6.43. The first-order valence-electron chi connectivity index (χ1n) is 7.47. The van der Waals surface area contributed by atoms with Crippen LogP contribution in [0.25, 0.3) is 0 Å². The van der Waals surface area contributed by atoms with Gasteiger partial charge in [-0.25, -0.2) is 4.79 Å². The zero-order valence-corrected chi connectivity index (χ0v) is 13.0. The van der Waals surface area contributed by atoms with Crippen LogP contribution in [0.1, 0.15) is 26.7 Å². The lowest BCUT2D eigenvalue weighted by atomic mass is 10.1. The summed E-state index contributed by atoms with van der Waals surface area (Å²) in [7, 11) is 1.61. The molecular formula is C14H24N4O3. The molecule has 2 saturated heterocycles. The number of hydrogen-bond acceptors (Lipinski definition) is 4. The number of amides is 4. The average molecular weight is 296 g/mol. The molecule has 0 aromatic heterocycles. The van der Waals surface area contributed by atoms with Gasteiger partial charge in [0.1, 0.15) is 6.54 Å². The van der Waals surface area contributed by atoms with Crippen molar-refractivity contribution in [3.63, 3.8) is 0 Å². The number of urea groups is 1. The Morgan fingerprint density at radius 2 is 1.86 bits per heavy atom. The summed E-state index contributed by atoms with van der Waals surface area (Å²) in [5, 5.41) is 3.38. The largest absolute Gasteiger partial charge is 0.340 e. The number of carbonyl (C=O) groups is 3. The van der Waals surface area contributed by atoms with Gasteiger partial charge in [-0.2, -0.15) is 0 Å². The molecule has 2 rings (SSSR count). The summed E-state index contributed by atoms with van der Waals surface area (Å²) in [4.78, 5) is 40.0. The van der Waals surface area contributed by atoms with E-state index in [0.29, 0.717) is 44.6 Å². The quantitative estimate of drug-likeness (QED) is 0.734. The van der Waals surface area contributed by atoms with Crippen molar-refractivity contribution in [3.05, 3.63) is 0 Å². The molecule has 0 saturated carbocycles. The van der Waals surface area contributed by atoms with Crippen LogP contribution in [0, 0.1) is 0 Å². The Morgan fingerprint density at radius 1 is 1.24 bits per heavy atom. The molecule has 0 aromatic rings. The van der Waals surface area contributed by atoms with Crippen LogP contribution in [0.5, 0.6) is 0 Å². The molecule has 2 atom stereocenters. The summed E-state index contributed by atoms with van der Waals surface area (Å²) in [6, 6.07) is 0.332. The Kier molecular flexibility index (Phi) is 4.82. The van der Waals surface area contributed by atoms with Crippen LogP contribution in [0.15, 0.2) is 0 Å². The molecule has 2 aliphatic heterocycles. The van der Waals surface area contributed by atoms with Gasteiger partial charge in [-0.3, -0.25) is 14.5 Å². The van der Waals surface area contributed by atoms with Gasteiger partial charge in [0.2, 0.25) is 11.8 Å². The van der Waals surface area contributed by atoms with Gasteiger partial charge >= 0.3 is 6.03 Å². The summed E-state index contributed by atoms with van der Waals surface area (Å²) in [6.07, 6.45) is 0.900. The SMILES string of the molecule is C[C@H]1CN(C(=O)CCCN2C(=O)CN(C)C2=O)C[C@H](C)N1. The lowest BCUT2D eigenvalue weighted by Gasteiger charge is -2.36. The van der Waals surface area contributed by atoms with E-state index in [-0.39, 0.29) is 24.4 Å². The summed E-state index contributed by atoms with van der Waals surface area (Å²) >= 11 is 0. The second-order valence-electron chi connectivity index (χ2n) is 6.06. The zero-order chi connectivity index (χ0) is 15.6. The molecule has 0 unspecified atom stereocenters. The number of piperazine rings is 1. The first-order valence-corrected chi connectivity index (χ1v) is 7.47.